The molecule has 96 valence electrons. The van der Waals surface area contributed by atoms with E-state index in [1.165, 1.54) is 12.3 Å². The highest BCUT2D eigenvalue weighted by Gasteiger charge is 2.11. The topological polar surface area (TPSA) is 111 Å². The molecule has 0 spiro atoms. The molecular formula is C13H12N4O2. The van der Waals surface area contributed by atoms with E-state index >= 15 is 0 Å². The summed E-state index contributed by atoms with van der Waals surface area (Å²) in [5, 5.41) is 2.61. The van der Waals surface area contributed by atoms with Gasteiger partial charge in [0.2, 0.25) is 5.91 Å². The number of nitrogens with zero attached hydrogens (tertiary/aromatic N) is 1. The first kappa shape index (κ1) is 12.6. The third-order valence-electron chi connectivity index (χ3n) is 2.46. The smallest absolute Gasteiger partial charge is 0.276 e. The number of anilines is 2. The van der Waals surface area contributed by atoms with E-state index in [-0.39, 0.29) is 11.4 Å². The van der Waals surface area contributed by atoms with Gasteiger partial charge < -0.3 is 16.8 Å². The Morgan fingerprint density at radius 1 is 1.16 bits per heavy atom. The van der Waals surface area contributed by atoms with Crippen LogP contribution >= 0.6 is 0 Å². The van der Waals surface area contributed by atoms with Crippen molar-refractivity contribution in [2.75, 3.05) is 11.1 Å². The quantitative estimate of drug-likeness (QED) is 0.761. The lowest BCUT2D eigenvalue weighted by molar-refractivity contribution is 0.0995. The van der Waals surface area contributed by atoms with E-state index in [2.05, 4.69) is 10.3 Å². The second-order valence-corrected chi connectivity index (χ2v) is 3.84. The van der Waals surface area contributed by atoms with Gasteiger partial charge in [-0.2, -0.15) is 0 Å². The number of carbonyl (C=O) groups excluding carboxylic acids is 2. The first-order chi connectivity index (χ1) is 9.08. The van der Waals surface area contributed by atoms with Crippen molar-refractivity contribution in [2.45, 2.75) is 0 Å². The number of hydrogen-bond donors (Lipinski definition) is 3. The summed E-state index contributed by atoms with van der Waals surface area (Å²) in [6, 6.07) is 9.54. The molecule has 1 aromatic heterocycles. The van der Waals surface area contributed by atoms with Crippen LogP contribution in [0.5, 0.6) is 0 Å². The van der Waals surface area contributed by atoms with Gasteiger partial charge in [-0.25, -0.2) is 4.98 Å². The van der Waals surface area contributed by atoms with Crippen LogP contribution in [0.3, 0.4) is 0 Å². The van der Waals surface area contributed by atoms with Gasteiger partial charge in [-0.1, -0.05) is 6.07 Å². The van der Waals surface area contributed by atoms with Gasteiger partial charge in [0.15, 0.2) is 5.69 Å². The molecule has 2 aromatic rings. The Labute approximate surface area is 109 Å². The molecule has 1 aromatic carbocycles. The number of primary amides is 1. The fourth-order valence-corrected chi connectivity index (χ4v) is 1.55. The molecule has 0 aliphatic carbocycles. The normalized spacial score (nSPS) is 9.89. The fourth-order valence-electron chi connectivity index (χ4n) is 1.55. The summed E-state index contributed by atoms with van der Waals surface area (Å²) in [6.45, 7) is 0. The van der Waals surface area contributed by atoms with Crippen molar-refractivity contribution >= 4 is 23.2 Å². The summed E-state index contributed by atoms with van der Waals surface area (Å²) in [5.74, 6) is -1.01. The predicted octanol–water partition coefficient (Wildman–Crippen LogP) is 1.02. The Balaban J connectivity index is 2.22. The van der Waals surface area contributed by atoms with Gasteiger partial charge in [0.1, 0.15) is 0 Å². The Kier molecular flexibility index (Phi) is 3.42. The summed E-state index contributed by atoms with van der Waals surface area (Å²) in [6.07, 6.45) is 1.48. The summed E-state index contributed by atoms with van der Waals surface area (Å²) in [4.78, 5) is 26.9. The number of hydrogen-bond acceptors (Lipinski definition) is 4. The van der Waals surface area contributed by atoms with Gasteiger partial charge in [0, 0.05) is 17.4 Å². The second kappa shape index (κ2) is 5.18. The number of amides is 2. The van der Waals surface area contributed by atoms with Gasteiger partial charge in [-0.3, -0.25) is 9.59 Å². The van der Waals surface area contributed by atoms with Gasteiger partial charge in [-0.15, -0.1) is 0 Å². The minimum absolute atomic E-state index is 0.131. The van der Waals surface area contributed by atoms with Gasteiger partial charge >= 0.3 is 0 Å². The molecule has 0 radical (unpaired) electrons. The van der Waals surface area contributed by atoms with E-state index in [1.54, 1.807) is 30.3 Å². The summed E-state index contributed by atoms with van der Waals surface area (Å²) in [7, 11) is 0. The summed E-state index contributed by atoms with van der Waals surface area (Å²) in [5.41, 5.74) is 12.0. The molecule has 2 rings (SSSR count). The highest BCUT2D eigenvalue weighted by molar-refractivity contribution is 6.06. The molecule has 0 fully saturated rings. The van der Waals surface area contributed by atoms with Crippen LogP contribution in [0.25, 0.3) is 0 Å². The summed E-state index contributed by atoms with van der Waals surface area (Å²) >= 11 is 0. The van der Waals surface area contributed by atoms with E-state index in [4.69, 9.17) is 11.5 Å². The minimum atomic E-state index is -0.562. The maximum atomic E-state index is 11.9. The molecule has 19 heavy (non-hydrogen) atoms. The van der Waals surface area contributed by atoms with Crippen LogP contribution in [0.2, 0.25) is 0 Å². The molecule has 0 saturated carbocycles. The lowest BCUT2D eigenvalue weighted by atomic mass is 10.2. The van der Waals surface area contributed by atoms with Crippen molar-refractivity contribution in [3.05, 3.63) is 53.9 Å². The SMILES string of the molecule is NC(=O)c1cccc(NC(=O)c2ncccc2N)c1. The van der Waals surface area contributed by atoms with Crippen LogP contribution in [-0.4, -0.2) is 16.8 Å². The Morgan fingerprint density at radius 3 is 2.63 bits per heavy atom. The van der Waals surface area contributed by atoms with Gasteiger partial charge in [-0.05, 0) is 30.3 Å². The lowest BCUT2D eigenvalue weighted by Crippen LogP contribution is -2.16. The number of nitrogens with two attached hydrogens (primary N) is 2. The van der Waals surface area contributed by atoms with Crippen molar-refractivity contribution < 1.29 is 9.59 Å². The standard InChI is InChI=1S/C13H12N4O2/c14-10-5-2-6-16-11(10)13(19)17-9-4-1-3-8(7-9)12(15)18/h1-7H,14H2,(H2,15,18)(H,17,19). The third kappa shape index (κ3) is 2.86. The molecule has 0 saturated heterocycles. The Bertz CT molecular complexity index is 640. The van der Waals surface area contributed by atoms with Crippen molar-refractivity contribution in [3.8, 4) is 0 Å². The number of rotatable bonds is 3. The molecule has 0 unspecified atom stereocenters. The van der Waals surface area contributed by atoms with E-state index < -0.39 is 11.8 Å². The zero-order valence-electron chi connectivity index (χ0n) is 9.96. The fraction of sp³-hybridized carbons (Fsp3) is 0. The van der Waals surface area contributed by atoms with Crippen LogP contribution in [0.4, 0.5) is 11.4 Å². The molecular weight excluding hydrogens is 244 g/mol. The van der Waals surface area contributed by atoms with Crippen LogP contribution in [-0.2, 0) is 0 Å². The number of pyridine rings is 1. The maximum absolute atomic E-state index is 11.9. The van der Waals surface area contributed by atoms with E-state index in [1.807, 2.05) is 0 Å². The number of nitrogens with one attached hydrogen (secondary N) is 1. The van der Waals surface area contributed by atoms with E-state index in [0.29, 0.717) is 11.3 Å². The molecule has 0 aliphatic heterocycles. The van der Waals surface area contributed by atoms with Gasteiger partial charge in [0.05, 0.1) is 5.69 Å². The highest BCUT2D eigenvalue weighted by atomic mass is 16.2. The molecule has 6 heteroatoms. The van der Waals surface area contributed by atoms with Crippen LogP contribution in [0.15, 0.2) is 42.6 Å². The van der Waals surface area contributed by atoms with Crippen molar-refractivity contribution in [1.29, 1.82) is 0 Å². The molecule has 0 bridgehead atoms. The van der Waals surface area contributed by atoms with Crippen LogP contribution in [0.1, 0.15) is 20.8 Å². The second-order valence-electron chi connectivity index (χ2n) is 3.84. The minimum Gasteiger partial charge on any atom is -0.397 e. The van der Waals surface area contributed by atoms with Crippen LogP contribution in [0, 0.1) is 0 Å². The number of aromatic nitrogens is 1. The van der Waals surface area contributed by atoms with E-state index in [0.717, 1.165) is 0 Å². The molecule has 2 amide bonds. The maximum Gasteiger partial charge on any atom is 0.276 e. The lowest BCUT2D eigenvalue weighted by Gasteiger charge is -2.07. The third-order valence-corrected chi connectivity index (χ3v) is 2.46. The number of nitrogen functional groups attached to an aromatic ring is 1. The predicted molar refractivity (Wildman–Crippen MR) is 71.6 cm³/mol. The average Bonchev–Trinajstić information content (AvgIpc) is 2.39. The van der Waals surface area contributed by atoms with E-state index in [9.17, 15) is 9.59 Å². The van der Waals surface area contributed by atoms with Crippen molar-refractivity contribution in [1.82, 2.24) is 4.98 Å². The van der Waals surface area contributed by atoms with Crippen LogP contribution < -0.4 is 16.8 Å². The Hall–Kier alpha value is -2.89. The number of benzene rings is 1. The highest BCUT2D eigenvalue weighted by Crippen LogP contribution is 2.13. The molecule has 0 atom stereocenters. The monoisotopic (exact) mass is 256 g/mol. The largest absolute Gasteiger partial charge is 0.397 e. The average molecular weight is 256 g/mol. The summed E-state index contributed by atoms with van der Waals surface area (Å²) < 4.78 is 0. The Morgan fingerprint density at radius 2 is 1.95 bits per heavy atom. The van der Waals surface area contributed by atoms with Crippen molar-refractivity contribution in [2.24, 2.45) is 5.73 Å². The van der Waals surface area contributed by atoms with Crippen molar-refractivity contribution in [3.63, 3.8) is 0 Å². The molecule has 1 heterocycles. The molecule has 0 aliphatic rings. The first-order valence-electron chi connectivity index (χ1n) is 5.49. The molecule has 6 nitrogen and oxygen atoms in total. The zero-order chi connectivity index (χ0) is 13.8. The van der Waals surface area contributed by atoms with Gasteiger partial charge in [0.25, 0.3) is 5.91 Å². The number of carbonyl (C=O) groups is 2. The zero-order valence-corrected chi connectivity index (χ0v) is 9.96. The first-order valence-corrected chi connectivity index (χ1v) is 5.49. The molecule has 5 N–H and O–H groups in total.